The lowest BCUT2D eigenvalue weighted by molar-refractivity contribution is 0.318. The Morgan fingerprint density at radius 1 is 1.30 bits per heavy atom. The van der Waals surface area contributed by atoms with Crippen molar-refractivity contribution in [1.82, 2.24) is 0 Å². The molecule has 0 atom stereocenters. The molecule has 0 amide bonds. The highest BCUT2D eigenvalue weighted by atomic mass is 32.2. The highest BCUT2D eigenvalue weighted by Crippen LogP contribution is 2.27. The largest absolute Gasteiger partial charge is 0.409 e. The normalized spacial score (nSPS) is 12.3. The summed E-state index contributed by atoms with van der Waals surface area (Å²) in [4.78, 5) is 0. The molecule has 0 saturated heterocycles. The van der Waals surface area contributed by atoms with Crippen molar-refractivity contribution in [3.8, 4) is 0 Å². The number of para-hydroxylation sites is 1. The van der Waals surface area contributed by atoms with E-state index in [4.69, 9.17) is 10.9 Å². The van der Waals surface area contributed by atoms with Gasteiger partial charge in [0.05, 0.1) is 5.69 Å². The molecule has 0 radical (unpaired) electrons. The van der Waals surface area contributed by atoms with Gasteiger partial charge in [-0.2, -0.15) is 0 Å². The maximum atomic E-state index is 12.5. The van der Waals surface area contributed by atoms with Gasteiger partial charge in [-0.25, -0.2) is 8.42 Å². The van der Waals surface area contributed by atoms with E-state index in [2.05, 4.69) is 5.16 Å². The number of sulfonamides is 1. The average molecular weight is 311 g/mol. The van der Waals surface area contributed by atoms with Crippen LogP contribution in [0.25, 0.3) is 0 Å². The maximum Gasteiger partial charge on any atom is 0.273 e. The third-order valence-electron chi connectivity index (χ3n) is 2.74. The van der Waals surface area contributed by atoms with Crippen LogP contribution in [0, 0.1) is 0 Å². The van der Waals surface area contributed by atoms with Gasteiger partial charge in [-0.05, 0) is 23.6 Å². The summed E-state index contributed by atoms with van der Waals surface area (Å²) in [5.41, 5.74) is 6.26. The second-order valence-electron chi connectivity index (χ2n) is 3.91. The number of nitrogens with zero attached hydrogens (tertiary/aromatic N) is 2. The Morgan fingerprint density at radius 3 is 2.60 bits per heavy atom. The minimum atomic E-state index is -3.65. The number of thiophene rings is 1. The number of rotatable bonds is 4. The van der Waals surface area contributed by atoms with Gasteiger partial charge in [-0.1, -0.05) is 23.4 Å². The topological polar surface area (TPSA) is 96.0 Å². The van der Waals surface area contributed by atoms with E-state index in [1.165, 1.54) is 13.1 Å². The molecule has 0 aliphatic carbocycles. The number of oxime groups is 1. The number of hydrogen-bond donors (Lipinski definition) is 2. The third-order valence-corrected chi connectivity index (χ3v) is 5.88. The molecule has 1 aromatic heterocycles. The van der Waals surface area contributed by atoms with Crippen LogP contribution in [0.15, 0.2) is 51.1 Å². The zero-order chi connectivity index (χ0) is 14.8. The lowest BCUT2D eigenvalue weighted by Gasteiger charge is -2.21. The molecular formula is C12H13N3O3S2. The monoisotopic (exact) mass is 311 g/mol. The Labute approximate surface area is 120 Å². The molecule has 0 spiro atoms. The average Bonchev–Trinajstić information content (AvgIpc) is 3.00. The molecule has 1 heterocycles. The van der Waals surface area contributed by atoms with E-state index in [0.29, 0.717) is 11.3 Å². The van der Waals surface area contributed by atoms with Crippen LogP contribution in [0.2, 0.25) is 0 Å². The Hall–Kier alpha value is -2.06. The molecule has 0 saturated carbocycles. The molecule has 0 aliphatic rings. The van der Waals surface area contributed by atoms with Crippen LogP contribution < -0.4 is 10.0 Å². The van der Waals surface area contributed by atoms with Crippen LogP contribution >= 0.6 is 11.3 Å². The highest BCUT2D eigenvalue weighted by molar-refractivity contribution is 7.94. The summed E-state index contributed by atoms with van der Waals surface area (Å²) in [6, 6.07) is 9.75. The van der Waals surface area contributed by atoms with Crippen LogP contribution in [0.1, 0.15) is 5.56 Å². The predicted octanol–water partition coefficient (Wildman–Crippen LogP) is 1.67. The van der Waals surface area contributed by atoms with Gasteiger partial charge in [-0.15, -0.1) is 11.3 Å². The van der Waals surface area contributed by atoms with Crippen molar-refractivity contribution in [1.29, 1.82) is 0 Å². The number of anilines is 1. The first-order chi connectivity index (χ1) is 9.48. The second kappa shape index (κ2) is 5.51. The van der Waals surface area contributed by atoms with Gasteiger partial charge in [0, 0.05) is 12.6 Å². The Kier molecular flexibility index (Phi) is 3.96. The summed E-state index contributed by atoms with van der Waals surface area (Å²) in [6.07, 6.45) is 0. The van der Waals surface area contributed by atoms with Crippen molar-refractivity contribution in [2.45, 2.75) is 4.21 Å². The molecule has 0 fully saturated rings. The fourth-order valence-corrected chi connectivity index (χ4v) is 4.07. The molecule has 0 bridgehead atoms. The van der Waals surface area contributed by atoms with E-state index >= 15 is 0 Å². The van der Waals surface area contributed by atoms with E-state index in [1.807, 2.05) is 0 Å². The van der Waals surface area contributed by atoms with Gasteiger partial charge in [0.1, 0.15) is 4.21 Å². The van der Waals surface area contributed by atoms with E-state index in [9.17, 15) is 8.42 Å². The summed E-state index contributed by atoms with van der Waals surface area (Å²) in [5, 5.41) is 13.4. The SMILES string of the molecule is CN(c1ccccc1/C(N)=N/O)S(=O)(=O)c1cccs1. The first-order valence-corrected chi connectivity index (χ1v) is 7.90. The van der Waals surface area contributed by atoms with Gasteiger partial charge in [0.25, 0.3) is 10.0 Å². The maximum absolute atomic E-state index is 12.5. The van der Waals surface area contributed by atoms with Crippen molar-refractivity contribution < 1.29 is 13.6 Å². The van der Waals surface area contributed by atoms with Crippen LogP contribution in [-0.4, -0.2) is 26.5 Å². The quantitative estimate of drug-likeness (QED) is 0.388. The summed E-state index contributed by atoms with van der Waals surface area (Å²) < 4.78 is 26.2. The fourth-order valence-electron chi connectivity index (χ4n) is 1.69. The first kappa shape index (κ1) is 14.4. The van der Waals surface area contributed by atoms with E-state index in [-0.39, 0.29) is 10.0 Å². The number of amidine groups is 1. The molecule has 2 aromatic rings. The van der Waals surface area contributed by atoms with E-state index < -0.39 is 10.0 Å². The molecule has 2 rings (SSSR count). The minimum absolute atomic E-state index is 0.145. The summed E-state index contributed by atoms with van der Waals surface area (Å²) in [7, 11) is -2.22. The van der Waals surface area contributed by atoms with Gasteiger partial charge < -0.3 is 10.9 Å². The van der Waals surface area contributed by atoms with Crippen LogP contribution in [-0.2, 0) is 10.0 Å². The smallest absolute Gasteiger partial charge is 0.273 e. The predicted molar refractivity (Wildman–Crippen MR) is 78.9 cm³/mol. The minimum Gasteiger partial charge on any atom is -0.409 e. The Bertz CT molecular complexity index is 724. The van der Waals surface area contributed by atoms with Crippen LogP contribution in [0.3, 0.4) is 0 Å². The van der Waals surface area contributed by atoms with Crippen molar-refractivity contribution in [3.63, 3.8) is 0 Å². The summed E-state index contributed by atoms with van der Waals surface area (Å²) in [5.74, 6) is -0.145. The number of benzene rings is 1. The highest BCUT2D eigenvalue weighted by Gasteiger charge is 2.24. The molecule has 1 aromatic carbocycles. The number of hydrogen-bond acceptors (Lipinski definition) is 5. The van der Waals surface area contributed by atoms with Gasteiger partial charge in [0.2, 0.25) is 0 Å². The molecule has 20 heavy (non-hydrogen) atoms. The van der Waals surface area contributed by atoms with Gasteiger partial charge in [0.15, 0.2) is 5.84 Å². The molecule has 0 unspecified atom stereocenters. The van der Waals surface area contributed by atoms with Crippen molar-refractivity contribution in [3.05, 3.63) is 47.3 Å². The summed E-state index contributed by atoms with van der Waals surface area (Å²) in [6.45, 7) is 0. The standard InChI is InChI=1S/C12H13N3O3S2/c1-15(20(17,18)11-7-4-8-19-11)10-6-3-2-5-9(10)12(13)14-16/h2-8,16H,1H3,(H2,13,14). The molecule has 8 heteroatoms. The first-order valence-electron chi connectivity index (χ1n) is 5.58. The molecule has 6 nitrogen and oxygen atoms in total. The molecule has 0 aliphatic heterocycles. The zero-order valence-corrected chi connectivity index (χ0v) is 12.2. The van der Waals surface area contributed by atoms with Crippen molar-refractivity contribution >= 4 is 32.9 Å². The van der Waals surface area contributed by atoms with Gasteiger partial charge >= 0.3 is 0 Å². The van der Waals surface area contributed by atoms with E-state index in [0.717, 1.165) is 15.6 Å². The van der Waals surface area contributed by atoms with Crippen molar-refractivity contribution in [2.75, 3.05) is 11.4 Å². The van der Waals surface area contributed by atoms with Gasteiger partial charge in [-0.3, -0.25) is 4.31 Å². The zero-order valence-electron chi connectivity index (χ0n) is 10.6. The second-order valence-corrected chi connectivity index (χ2v) is 7.05. The fraction of sp³-hybridized carbons (Fsp3) is 0.0833. The van der Waals surface area contributed by atoms with Crippen molar-refractivity contribution in [2.24, 2.45) is 10.9 Å². The van der Waals surface area contributed by atoms with Crippen LogP contribution in [0.5, 0.6) is 0 Å². The third kappa shape index (κ3) is 2.47. The molecule has 106 valence electrons. The summed E-state index contributed by atoms with van der Waals surface area (Å²) >= 11 is 1.13. The number of nitrogens with two attached hydrogens (primary N) is 1. The lowest BCUT2D eigenvalue weighted by atomic mass is 10.1. The van der Waals surface area contributed by atoms with Crippen LogP contribution in [0.4, 0.5) is 5.69 Å². The Balaban J connectivity index is 2.53. The molecular weight excluding hydrogens is 298 g/mol. The Morgan fingerprint density at radius 2 is 2.00 bits per heavy atom. The lowest BCUT2D eigenvalue weighted by Crippen LogP contribution is -2.28. The molecule has 3 N–H and O–H groups in total. The van der Waals surface area contributed by atoms with E-state index in [1.54, 1.807) is 35.7 Å².